The lowest BCUT2D eigenvalue weighted by Gasteiger charge is -2.37. The highest BCUT2D eigenvalue weighted by atomic mass is 19.1. The number of anilines is 4. The molecule has 5 fully saturated rings. The Hall–Kier alpha value is -16.0. The van der Waals surface area contributed by atoms with Crippen LogP contribution in [0.15, 0.2) is 260 Å². The molecule has 25 rings (SSSR count). The third kappa shape index (κ3) is 20.0. The Morgan fingerprint density at radius 2 is 0.688 bits per heavy atom. The molecule has 0 aliphatic carbocycles. The Bertz CT molecular complexity index is 8690. The predicted molar refractivity (Wildman–Crippen MR) is 550 cm³/mol. The van der Waals surface area contributed by atoms with Gasteiger partial charge in [0.25, 0.3) is 0 Å². The second kappa shape index (κ2) is 39.5. The molecular formula is C109H104F4N20O11. The summed E-state index contributed by atoms with van der Waals surface area (Å²) in [7, 11) is 4.26. The van der Waals surface area contributed by atoms with Crippen LogP contribution >= 0.6 is 0 Å². The van der Waals surface area contributed by atoms with Crippen molar-refractivity contribution in [2.24, 2.45) is 0 Å². The highest BCUT2D eigenvalue weighted by Crippen LogP contribution is 2.35. The van der Waals surface area contributed by atoms with E-state index in [2.05, 4.69) is 121 Å². The monoisotopic (exact) mass is 1940 g/mol. The Kier molecular flexibility index (Phi) is 25.9. The summed E-state index contributed by atoms with van der Waals surface area (Å²) >= 11 is 0. The van der Waals surface area contributed by atoms with Crippen LogP contribution in [0.3, 0.4) is 0 Å². The highest BCUT2D eigenvalue weighted by molar-refractivity contribution is 5.89. The Morgan fingerprint density at radius 3 is 1.07 bits per heavy atom. The maximum Gasteiger partial charge on any atom is 0.345 e. The molecule has 0 amide bonds. The number of hydrogen-bond donors (Lipinski definition) is 3. The van der Waals surface area contributed by atoms with Crippen molar-refractivity contribution in [3.8, 4) is 62.0 Å². The van der Waals surface area contributed by atoms with Crippen LogP contribution < -0.4 is 68.4 Å². The molecule has 5 saturated heterocycles. The van der Waals surface area contributed by atoms with E-state index < -0.39 is 28.1 Å². The summed E-state index contributed by atoms with van der Waals surface area (Å²) in [6.45, 7) is 28.7. The molecule has 35 heteroatoms. The van der Waals surface area contributed by atoms with E-state index in [1.54, 1.807) is 123 Å². The number of fused-ring (bicyclic) bond motifs is 10. The summed E-state index contributed by atoms with van der Waals surface area (Å²) in [6, 6.07) is 44.8. The number of likely N-dealkylation sites (N-methyl/N-ethyl adjacent to an activating group) is 2. The van der Waals surface area contributed by atoms with Crippen molar-refractivity contribution in [1.82, 2.24) is 77.7 Å². The van der Waals surface area contributed by atoms with Gasteiger partial charge in [-0.3, -0.25) is 4.40 Å². The van der Waals surface area contributed by atoms with Crippen molar-refractivity contribution < 1.29 is 44.4 Å². The topological polar surface area (TPSA) is 315 Å². The zero-order valence-electron chi connectivity index (χ0n) is 80.8. The van der Waals surface area contributed by atoms with Crippen LogP contribution in [0.1, 0.15) is 54.5 Å². The molecule has 20 heterocycles. The van der Waals surface area contributed by atoms with Crippen LogP contribution in [0.4, 0.5) is 40.3 Å². The molecular weight excluding hydrogens is 1840 g/mol. The molecule has 3 atom stereocenters. The molecule has 15 aromatic heterocycles. The van der Waals surface area contributed by atoms with Crippen molar-refractivity contribution in [3.63, 3.8) is 0 Å². The van der Waals surface area contributed by atoms with E-state index in [0.29, 0.717) is 153 Å². The van der Waals surface area contributed by atoms with Gasteiger partial charge in [0.05, 0.1) is 56.3 Å². The number of benzene rings is 5. The van der Waals surface area contributed by atoms with E-state index in [0.717, 1.165) is 173 Å². The number of aromatic nitrogens is 11. The van der Waals surface area contributed by atoms with Crippen molar-refractivity contribution in [2.45, 2.75) is 79.5 Å². The third-order valence-electron chi connectivity index (χ3n) is 26.9. The molecule has 144 heavy (non-hydrogen) atoms. The molecule has 0 saturated carbocycles. The van der Waals surface area contributed by atoms with Gasteiger partial charge in [-0.1, -0.05) is 0 Å². The smallest absolute Gasteiger partial charge is 0.345 e. The van der Waals surface area contributed by atoms with E-state index in [1.807, 2.05) is 79.9 Å². The summed E-state index contributed by atoms with van der Waals surface area (Å²) in [4.78, 5) is 104. The number of halogens is 4. The SMILES string of the molecule is Cc1cc(F)cn2cc(-c3cc4ccc(N5CCCN(C)CC5)cc4oc3=O)nc12.Cc1cc(F)cn2cc(-c3cc4ccc(N5CCN(C)CC5)cc4oc3=O)nc12.Cc1cc(F)cn2cc(-c3cc4ccc(N5CCNCC5)cc4oc3=O)nc12.Cc1cc(F)cn2cc(-c3cc4ccc(N5C[C@@H](C)N[C@@H](C)C5)cc4oc3=O)nc12.Cc1cnc2nc(-c3cc4ccc(O[C@@H]5CCNC5)cc4oc3=O)cn2c1. The maximum absolute atomic E-state index is 13.7. The molecule has 0 unspecified atom stereocenters. The summed E-state index contributed by atoms with van der Waals surface area (Å²) < 4.78 is 97.0. The van der Waals surface area contributed by atoms with Gasteiger partial charge in [-0.05, 0) is 232 Å². The summed E-state index contributed by atoms with van der Waals surface area (Å²) in [5, 5.41) is 14.3. The van der Waals surface area contributed by atoms with Crippen LogP contribution in [0.25, 0.3) is 139 Å². The molecule has 31 nitrogen and oxygen atoms in total. The Balaban J connectivity index is 0.000000106. The lowest BCUT2D eigenvalue weighted by Crippen LogP contribution is -2.54. The van der Waals surface area contributed by atoms with E-state index in [1.165, 1.54) is 49.1 Å². The average molecular weight is 1950 g/mol. The van der Waals surface area contributed by atoms with Gasteiger partial charge < -0.3 is 89.8 Å². The molecule has 734 valence electrons. The van der Waals surface area contributed by atoms with Crippen LogP contribution in [0.2, 0.25) is 0 Å². The number of ether oxygens (including phenoxy) is 1. The van der Waals surface area contributed by atoms with Crippen molar-refractivity contribution >= 4 is 106 Å². The molecule has 20 aromatic rings. The van der Waals surface area contributed by atoms with Crippen molar-refractivity contribution in [1.29, 1.82) is 0 Å². The number of aryl methyl sites for hydroxylation is 5. The molecule has 0 radical (unpaired) electrons. The molecule has 5 aliphatic heterocycles. The first-order chi connectivity index (χ1) is 69.6. The fraction of sp³-hybridized carbons (Fsp3) is 0.275. The minimum atomic E-state index is -0.455. The van der Waals surface area contributed by atoms with Gasteiger partial charge in [0.2, 0.25) is 5.78 Å². The number of nitrogens with one attached hydrogen (secondary N) is 3. The minimum Gasteiger partial charge on any atom is -0.489 e. The zero-order valence-corrected chi connectivity index (χ0v) is 80.8. The maximum atomic E-state index is 13.7. The number of imidazole rings is 5. The van der Waals surface area contributed by atoms with Gasteiger partial charge in [0, 0.05) is 252 Å². The zero-order chi connectivity index (χ0) is 99.6. The first-order valence-electron chi connectivity index (χ1n) is 48.1. The van der Waals surface area contributed by atoms with Crippen molar-refractivity contribution in [3.05, 3.63) is 317 Å². The van der Waals surface area contributed by atoms with Crippen LogP contribution in [0, 0.1) is 57.9 Å². The van der Waals surface area contributed by atoms with Gasteiger partial charge in [-0.25, -0.2) is 71.4 Å². The highest BCUT2D eigenvalue weighted by Gasteiger charge is 2.27. The largest absolute Gasteiger partial charge is 0.489 e. The summed E-state index contributed by atoms with van der Waals surface area (Å²) in [5.41, 5.74) is 15.3. The lowest BCUT2D eigenvalue weighted by atomic mass is 10.1. The second-order valence-corrected chi connectivity index (χ2v) is 37.9. The van der Waals surface area contributed by atoms with E-state index in [9.17, 15) is 41.5 Å². The molecule has 5 aliphatic rings. The lowest BCUT2D eigenvalue weighted by molar-refractivity contribution is 0.223. The van der Waals surface area contributed by atoms with Crippen LogP contribution in [-0.4, -0.2) is 199 Å². The summed E-state index contributed by atoms with van der Waals surface area (Å²) in [6.07, 6.45) is 19.7. The normalized spacial score (nSPS) is 16.6. The number of nitrogens with zero attached hydrogens (tertiary/aromatic N) is 17. The van der Waals surface area contributed by atoms with E-state index in [4.69, 9.17) is 26.8 Å². The molecule has 0 spiro atoms. The molecule has 3 N–H and O–H groups in total. The number of pyridine rings is 4. The quantitative estimate of drug-likeness (QED) is 0.0800. The van der Waals surface area contributed by atoms with Gasteiger partial charge in [0.1, 0.15) is 85.6 Å². The molecule has 0 bridgehead atoms. The van der Waals surface area contributed by atoms with Crippen molar-refractivity contribution in [2.75, 3.05) is 138 Å². The predicted octanol–water partition coefficient (Wildman–Crippen LogP) is 16.3. The summed E-state index contributed by atoms with van der Waals surface area (Å²) in [5.74, 6) is -0.135. The number of rotatable bonds is 11. The van der Waals surface area contributed by atoms with Gasteiger partial charge in [-0.15, -0.1) is 0 Å². The number of piperazine rings is 3. The van der Waals surface area contributed by atoms with Crippen LogP contribution in [0.5, 0.6) is 5.75 Å². The fourth-order valence-corrected chi connectivity index (χ4v) is 19.5. The standard InChI is InChI=1S/2C23H23FN4O2.C22H21FN4O2.C21H19FN4O2.C20H18N4O3/c1-13-6-17(24)11-28-12-20(26-22(13)28)19-7-16-4-5-18(8-21(16)30-23(19)29)27-9-14(2)25-15(3)10-27;1-15-10-17(24)13-28-14-20(25-22(15)28)19-11-16-4-5-18(12-21(16)30-23(19)29)27-7-3-6-26(2)8-9-27;1-14-9-16(23)12-27-13-19(24-21(14)27)18-10-15-3-4-17(11-20(15)29-22(18)28)26-7-5-25(2)6-8-26;1-13-8-15(22)11-26-12-18(24-20(13)26)17-9-14-2-3-16(10-19(14)28-21(17)27)25-6-4-23-5-7-25;1-12-8-22-20-23-17(11-24(20)10-12)16-6-13-2-3-14(7-18(13)27-19(16)25)26-15-4-5-21-9-15/h4-8,11-12,14-15,25H,9-10H2,1-3H3;4-5,10-14H,3,6-9H2,1-2H3;3-4,9-13H,5-8H2,1-2H3;2-3,8-12,23H,4-7H2,1H3;2-3,6-8,10-11,15,21H,4-5,9H2,1H3/t14-,15+;;;;15-/m....1/s1. The third-order valence-corrected chi connectivity index (χ3v) is 26.9. The Morgan fingerprint density at radius 1 is 0.347 bits per heavy atom. The second-order valence-electron chi connectivity index (χ2n) is 37.9. The van der Waals surface area contributed by atoms with E-state index >= 15 is 0 Å². The minimum absolute atomic E-state index is 0.155. The first kappa shape index (κ1) is 94.3. The van der Waals surface area contributed by atoms with E-state index in [-0.39, 0.29) is 29.4 Å². The van der Waals surface area contributed by atoms with Gasteiger partial charge >= 0.3 is 28.1 Å². The average Bonchev–Trinajstić information content (AvgIpc) is 1.69. The Labute approximate surface area is 820 Å². The van der Waals surface area contributed by atoms with Crippen LogP contribution in [-0.2, 0) is 0 Å². The van der Waals surface area contributed by atoms with Gasteiger partial charge in [0.15, 0.2) is 0 Å². The molecule has 5 aromatic carbocycles. The fourth-order valence-electron chi connectivity index (χ4n) is 19.5. The first-order valence-corrected chi connectivity index (χ1v) is 48.1. The number of hydrogen-bond acceptors (Lipinski definition) is 26. The van der Waals surface area contributed by atoms with Gasteiger partial charge in [-0.2, -0.15) is 0 Å².